The molecule has 2 heterocycles. The summed E-state index contributed by atoms with van der Waals surface area (Å²) in [6, 6.07) is 4.31. The summed E-state index contributed by atoms with van der Waals surface area (Å²) in [5, 5.41) is 0.211. The maximum atomic E-state index is 13.3. The first-order valence-electron chi connectivity index (χ1n) is 10.3. The van der Waals surface area contributed by atoms with Crippen molar-refractivity contribution in [1.29, 1.82) is 0 Å². The molecule has 10 heteroatoms. The fourth-order valence-electron chi connectivity index (χ4n) is 3.97. The van der Waals surface area contributed by atoms with Crippen LogP contribution in [0.2, 0.25) is 10.0 Å². The van der Waals surface area contributed by atoms with Crippen molar-refractivity contribution in [3.63, 3.8) is 0 Å². The first kappa shape index (κ1) is 23.8. The van der Waals surface area contributed by atoms with E-state index in [9.17, 15) is 13.2 Å². The Morgan fingerprint density at radius 2 is 1.80 bits per heavy atom. The third-order valence-corrected chi connectivity index (χ3v) is 8.57. The van der Waals surface area contributed by atoms with Crippen molar-refractivity contribution in [2.45, 2.75) is 36.6 Å². The van der Waals surface area contributed by atoms with Gasteiger partial charge < -0.3 is 14.5 Å². The van der Waals surface area contributed by atoms with Crippen LogP contribution in [-0.4, -0.2) is 87.5 Å². The number of amides is 1. The zero-order valence-electron chi connectivity index (χ0n) is 17.2. The highest BCUT2D eigenvalue weighted by atomic mass is 35.5. The second kappa shape index (κ2) is 10.6. The molecule has 168 valence electrons. The number of piperidine rings is 1. The molecule has 0 spiro atoms. The normalized spacial score (nSPS) is 22.1. The largest absolute Gasteiger partial charge is 0.370 e. The number of hydrogen-bond acceptors (Lipinski definition) is 5. The molecule has 0 radical (unpaired) electrons. The molecule has 1 aromatic rings. The number of halogens is 2. The molecule has 3 rings (SSSR count). The molecule has 1 atom stereocenters. The van der Waals surface area contributed by atoms with E-state index in [1.54, 1.807) is 6.07 Å². The van der Waals surface area contributed by atoms with Gasteiger partial charge in [-0.25, -0.2) is 8.42 Å². The van der Waals surface area contributed by atoms with Gasteiger partial charge in [-0.2, -0.15) is 4.31 Å². The number of rotatable bonds is 6. The van der Waals surface area contributed by atoms with E-state index in [0.29, 0.717) is 19.5 Å². The minimum atomic E-state index is -3.87. The topological polar surface area (TPSA) is 70.2 Å². The van der Waals surface area contributed by atoms with Crippen molar-refractivity contribution < 1.29 is 17.9 Å². The molecule has 0 aliphatic carbocycles. The Morgan fingerprint density at radius 3 is 2.53 bits per heavy atom. The zero-order chi connectivity index (χ0) is 21.7. The van der Waals surface area contributed by atoms with Gasteiger partial charge in [0, 0.05) is 32.2 Å². The minimum Gasteiger partial charge on any atom is -0.370 e. The van der Waals surface area contributed by atoms with Crippen molar-refractivity contribution >= 4 is 39.1 Å². The average molecular weight is 478 g/mol. The third-order valence-electron chi connectivity index (χ3n) is 5.67. The van der Waals surface area contributed by atoms with Crippen molar-refractivity contribution in [1.82, 2.24) is 14.1 Å². The van der Waals surface area contributed by atoms with Gasteiger partial charge in [0.1, 0.15) is 11.5 Å². The van der Waals surface area contributed by atoms with Crippen molar-refractivity contribution in [2.75, 3.05) is 53.0 Å². The molecule has 30 heavy (non-hydrogen) atoms. The van der Waals surface area contributed by atoms with Gasteiger partial charge >= 0.3 is 0 Å². The van der Waals surface area contributed by atoms with Crippen LogP contribution >= 0.6 is 23.2 Å². The fourth-order valence-corrected chi connectivity index (χ4v) is 6.75. The SMILES string of the molecule is CN1CCCN(C(=O)COCC2CCCCN2S(=O)(=O)c2c(Cl)cccc2Cl)CC1. The molecule has 2 fully saturated rings. The van der Waals surface area contributed by atoms with Gasteiger partial charge in [-0.3, -0.25) is 4.79 Å². The van der Waals surface area contributed by atoms with Crippen molar-refractivity contribution in [2.24, 2.45) is 0 Å². The van der Waals surface area contributed by atoms with Gasteiger partial charge in [0.25, 0.3) is 0 Å². The lowest BCUT2D eigenvalue weighted by Gasteiger charge is -2.35. The summed E-state index contributed by atoms with van der Waals surface area (Å²) in [6.07, 6.45) is 3.28. The first-order chi connectivity index (χ1) is 14.3. The molecule has 1 aromatic carbocycles. The van der Waals surface area contributed by atoms with Crippen LogP contribution in [-0.2, 0) is 19.6 Å². The monoisotopic (exact) mass is 477 g/mol. The Bertz CT molecular complexity index is 832. The maximum Gasteiger partial charge on any atom is 0.248 e. The number of carbonyl (C=O) groups excluding carboxylic acids is 1. The lowest BCUT2D eigenvalue weighted by Crippen LogP contribution is -2.46. The van der Waals surface area contributed by atoms with Crippen LogP contribution in [0, 0.1) is 0 Å². The number of nitrogens with zero attached hydrogens (tertiary/aromatic N) is 3. The van der Waals surface area contributed by atoms with Gasteiger partial charge in [0.2, 0.25) is 15.9 Å². The predicted molar refractivity (Wildman–Crippen MR) is 118 cm³/mol. The molecule has 1 amide bonds. The number of hydrogen-bond donors (Lipinski definition) is 0. The number of ether oxygens (including phenoxy) is 1. The summed E-state index contributed by atoms with van der Waals surface area (Å²) in [4.78, 5) is 16.5. The summed E-state index contributed by atoms with van der Waals surface area (Å²) in [7, 11) is -1.82. The lowest BCUT2D eigenvalue weighted by atomic mass is 10.1. The molecule has 2 aliphatic rings. The highest BCUT2D eigenvalue weighted by Crippen LogP contribution is 2.34. The summed E-state index contributed by atoms with van der Waals surface area (Å²) < 4.78 is 33.7. The number of likely N-dealkylation sites (N-methyl/N-ethyl adjacent to an activating group) is 1. The van der Waals surface area contributed by atoms with Crippen LogP contribution < -0.4 is 0 Å². The molecule has 2 saturated heterocycles. The molecule has 7 nitrogen and oxygen atoms in total. The lowest BCUT2D eigenvalue weighted by molar-refractivity contribution is -0.136. The highest BCUT2D eigenvalue weighted by molar-refractivity contribution is 7.89. The molecule has 0 N–H and O–H groups in total. The van der Waals surface area contributed by atoms with Crippen LogP contribution in [0.25, 0.3) is 0 Å². The van der Waals surface area contributed by atoms with E-state index in [-0.39, 0.29) is 40.1 Å². The first-order valence-corrected chi connectivity index (χ1v) is 12.5. The molecule has 1 unspecified atom stereocenters. The quantitative estimate of drug-likeness (QED) is 0.629. The van der Waals surface area contributed by atoms with Crippen molar-refractivity contribution in [3.05, 3.63) is 28.2 Å². The predicted octanol–water partition coefficient (Wildman–Crippen LogP) is 2.72. The van der Waals surface area contributed by atoms with Crippen LogP contribution in [0.4, 0.5) is 0 Å². The van der Waals surface area contributed by atoms with Gasteiger partial charge in [0.15, 0.2) is 0 Å². The molecule has 2 aliphatic heterocycles. The van der Waals surface area contributed by atoms with Gasteiger partial charge in [-0.1, -0.05) is 35.7 Å². The van der Waals surface area contributed by atoms with E-state index in [1.807, 2.05) is 11.9 Å². The number of benzene rings is 1. The van der Waals surface area contributed by atoms with E-state index in [4.69, 9.17) is 27.9 Å². The Balaban J connectivity index is 1.63. The molecule has 0 aromatic heterocycles. The minimum absolute atomic E-state index is 0.0407. The number of carbonyl (C=O) groups is 1. The van der Waals surface area contributed by atoms with E-state index in [1.165, 1.54) is 16.4 Å². The van der Waals surface area contributed by atoms with Crippen LogP contribution in [0.3, 0.4) is 0 Å². The Kier molecular flexibility index (Phi) is 8.40. The smallest absolute Gasteiger partial charge is 0.248 e. The second-order valence-electron chi connectivity index (χ2n) is 7.87. The van der Waals surface area contributed by atoms with E-state index in [2.05, 4.69) is 4.90 Å². The van der Waals surface area contributed by atoms with Crippen LogP contribution in [0.5, 0.6) is 0 Å². The van der Waals surface area contributed by atoms with Gasteiger partial charge in [0.05, 0.1) is 16.7 Å². The highest BCUT2D eigenvalue weighted by Gasteiger charge is 2.36. The Labute approximate surface area is 188 Å². The second-order valence-corrected chi connectivity index (χ2v) is 10.5. The van der Waals surface area contributed by atoms with Crippen molar-refractivity contribution in [3.8, 4) is 0 Å². The van der Waals surface area contributed by atoms with Crippen LogP contribution in [0.15, 0.2) is 23.1 Å². The zero-order valence-corrected chi connectivity index (χ0v) is 19.6. The Morgan fingerprint density at radius 1 is 1.07 bits per heavy atom. The molecule has 0 bridgehead atoms. The maximum absolute atomic E-state index is 13.3. The summed E-state index contributed by atoms with van der Waals surface area (Å²) in [5.74, 6) is -0.0512. The van der Waals surface area contributed by atoms with E-state index >= 15 is 0 Å². The summed E-state index contributed by atoms with van der Waals surface area (Å²) in [5.41, 5.74) is 0. The molecular formula is C20H29Cl2N3O4S. The van der Waals surface area contributed by atoms with E-state index < -0.39 is 10.0 Å². The van der Waals surface area contributed by atoms with Crippen LogP contribution in [0.1, 0.15) is 25.7 Å². The average Bonchev–Trinajstić information content (AvgIpc) is 2.92. The van der Waals surface area contributed by atoms with E-state index in [0.717, 1.165) is 38.9 Å². The summed E-state index contributed by atoms with van der Waals surface area (Å²) >= 11 is 12.3. The molecule has 0 saturated carbocycles. The fraction of sp³-hybridized carbons (Fsp3) is 0.650. The standard InChI is InChI=1S/C20H29Cl2N3O4S/c1-23-9-5-10-24(13-12-23)19(26)15-29-14-16-6-2-3-11-25(16)30(27,28)20-17(21)7-4-8-18(20)22/h4,7-8,16H,2-3,5-6,9-15H2,1H3. The molecular weight excluding hydrogens is 449 g/mol. The van der Waals surface area contributed by atoms with Gasteiger partial charge in [-0.15, -0.1) is 0 Å². The van der Waals surface area contributed by atoms with Gasteiger partial charge in [-0.05, 0) is 45.0 Å². The third kappa shape index (κ3) is 5.66. The number of sulfonamides is 1. The summed E-state index contributed by atoms with van der Waals surface area (Å²) in [6.45, 7) is 3.74. The Hall–Kier alpha value is -0.900.